The zero-order chi connectivity index (χ0) is 8.27. The van der Waals surface area contributed by atoms with Crippen molar-refractivity contribution in [1.29, 1.82) is 0 Å². The Morgan fingerprint density at radius 1 is 1.64 bits per heavy atom. The summed E-state index contributed by atoms with van der Waals surface area (Å²) in [5, 5.41) is 0. The summed E-state index contributed by atoms with van der Waals surface area (Å²) in [6.07, 6.45) is 4.03. The van der Waals surface area contributed by atoms with Gasteiger partial charge in [-0.1, -0.05) is 6.92 Å². The van der Waals surface area contributed by atoms with Gasteiger partial charge in [0.15, 0.2) is 0 Å². The van der Waals surface area contributed by atoms with E-state index in [-0.39, 0.29) is 0 Å². The van der Waals surface area contributed by atoms with Crippen LogP contribution >= 0.6 is 0 Å². The minimum Gasteiger partial charge on any atom is -0.330 e. The monoisotopic (exact) mass is 155 g/mol. The van der Waals surface area contributed by atoms with E-state index in [1.807, 2.05) is 6.92 Å². The molecule has 1 aliphatic carbocycles. The SMILES string of the molecule is CC(CN)CC(=O)CC1CC1. The van der Waals surface area contributed by atoms with E-state index in [2.05, 4.69) is 0 Å². The van der Waals surface area contributed by atoms with Crippen LogP contribution in [0.15, 0.2) is 0 Å². The van der Waals surface area contributed by atoms with Crippen LogP contribution in [-0.2, 0) is 4.79 Å². The Kier molecular flexibility index (Phi) is 3.06. The van der Waals surface area contributed by atoms with Crippen molar-refractivity contribution in [3.05, 3.63) is 0 Å². The van der Waals surface area contributed by atoms with Crippen molar-refractivity contribution in [1.82, 2.24) is 0 Å². The van der Waals surface area contributed by atoms with E-state index in [1.54, 1.807) is 0 Å². The van der Waals surface area contributed by atoms with E-state index in [1.165, 1.54) is 12.8 Å². The molecular weight excluding hydrogens is 138 g/mol. The van der Waals surface area contributed by atoms with Gasteiger partial charge in [-0.3, -0.25) is 4.79 Å². The van der Waals surface area contributed by atoms with Crippen molar-refractivity contribution >= 4 is 5.78 Å². The lowest BCUT2D eigenvalue weighted by Gasteiger charge is -2.05. The molecule has 2 heteroatoms. The average Bonchev–Trinajstić information content (AvgIpc) is 2.71. The highest BCUT2D eigenvalue weighted by atomic mass is 16.1. The third kappa shape index (κ3) is 3.51. The fraction of sp³-hybridized carbons (Fsp3) is 0.889. The summed E-state index contributed by atoms with van der Waals surface area (Å²) >= 11 is 0. The van der Waals surface area contributed by atoms with E-state index >= 15 is 0 Å². The highest BCUT2D eigenvalue weighted by Gasteiger charge is 2.24. The van der Waals surface area contributed by atoms with Crippen molar-refractivity contribution in [2.24, 2.45) is 17.6 Å². The van der Waals surface area contributed by atoms with Gasteiger partial charge in [-0.25, -0.2) is 0 Å². The number of nitrogens with two attached hydrogens (primary N) is 1. The van der Waals surface area contributed by atoms with Gasteiger partial charge in [-0.15, -0.1) is 0 Å². The van der Waals surface area contributed by atoms with Crippen LogP contribution in [0.4, 0.5) is 0 Å². The zero-order valence-corrected chi connectivity index (χ0v) is 7.18. The van der Waals surface area contributed by atoms with E-state index < -0.39 is 0 Å². The number of hydrogen-bond donors (Lipinski definition) is 1. The van der Waals surface area contributed by atoms with Gasteiger partial charge in [0.1, 0.15) is 5.78 Å². The van der Waals surface area contributed by atoms with Crippen LogP contribution in [0.3, 0.4) is 0 Å². The van der Waals surface area contributed by atoms with Gasteiger partial charge in [0.2, 0.25) is 0 Å². The molecule has 1 aliphatic rings. The second-order valence-corrected chi connectivity index (χ2v) is 3.73. The van der Waals surface area contributed by atoms with Gasteiger partial charge in [-0.2, -0.15) is 0 Å². The van der Waals surface area contributed by atoms with Crippen LogP contribution in [0.1, 0.15) is 32.6 Å². The molecule has 2 nitrogen and oxygen atoms in total. The summed E-state index contributed by atoms with van der Waals surface area (Å²) in [6.45, 7) is 2.67. The largest absolute Gasteiger partial charge is 0.330 e. The molecule has 1 atom stereocenters. The van der Waals surface area contributed by atoms with Gasteiger partial charge in [0.05, 0.1) is 0 Å². The van der Waals surface area contributed by atoms with E-state index in [4.69, 9.17) is 5.73 Å². The molecule has 1 saturated carbocycles. The first-order valence-corrected chi connectivity index (χ1v) is 4.44. The summed E-state index contributed by atoms with van der Waals surface area (Å²) in [4.78, 5) is 11.2. The van der Waals surface area contributed by atoms with Crippen molar-refractivity contribution in [2.45, 2.75) is 32.6 Å². The Bertz CT molecular complexity index is 140. The first-order valence-electron chi connectivity index (χ1n) is 4.44. The molecule has 1 unspecified atom stereocenters. The van der Waals surface area contributed by atoms with E-state index in [0.29, 0.717) is 24.7 Å². The molecule has 0 heterocycles. The number of Topliss-reactive ketones (excluding diaryl/α,β-unsaturated/α-hetero) is 1. The molecule has 0 spiro atoms. The first kappa shape index (κ1) is 8.72. The summed E-state index contributed by atoms with van der Waals surface area (Å²) in [6, 6.07) is 0. The lowest BCUT2D eigenvalue weighted by atomic mass is 10.0. The quantitative estimate of drug-likeness (QED) is 0.651. The van der Waals surface area contributed by atoms with Gasteiger partial charge < -0.3 is 5.73 Å². The maximum atomic E-state index is 11.2. The van der Waals surface area contributed by atoms with Crippen LogP contribution < -0.4 is 5.73 Å². The molecule has 0 amide bonds. The van der Waals surface area contributed by atoms with E-state index in [0.717, 1.165) is 12.3 Å². The minimum atomic E-state index is 0.376. The topological polar surface area (TPSA) is 43.1 Å². The molecule has 0 saturated heterocycles. The Morgan fingerprint density at radius 3 is 2.73 bits per heavy atom. The molecule has 11 heavy (non-hydrogen) atoms. The summed E-state index contributed by atoms with van der Waals surface area (Å²) in [7, 11) is 0. The highest BCUT2D eigenvalue weighted by Crippen LogP contribution is 2.33. The second kappa shape index (κ2) is 3.86. The molecule has 64 valence electrons. The summed E-state index contributed by atoms with van der Waals surface area (Å²) in [5.41, 5.74) is 5.41. The number of ketones is 1. The van der Waals surface area contributed by atoms with Crippen LogP contribution in [-0.4, -0.2) is 12.3 Å². The van der Waals surface area contributed by atoms with Gasteiger partial charge in [0, 0.05) is 12.8 Å². The standard InChI is InChI=1S/C9H17NO/c1-7(6-10)4-9(11)5-8-2-3-8/h7-8H,2-6,10H2,1H3. The molecule has 2 N–H and O–H groups in total. The Balaban J connectivity index is 2.08. The van der Waals surface area contributed by atoms with Crippen molar-refractivity contribution in [2.75, 3.05) is 6.54 Å². The summed E-state index contributed by atoms with van der Waals surface area (Å²) in [5.74, 6) is 1.51. The van der Waals surface area contributed by atoms with Gasteiger partial charge in [-0.05, 0) is 31.2 Å². The van der Waals surface area contributed by atoms with Crippen molar-refractivity contribution < 1.29 is 4.79 Å². The second-order valence-electron chi connectivity index (χ2n) is 3.73. The zero-order valence-electron chi connectivity index (χ0n) is 7.18. The normalized spacial score (nSPS) is 19.8. The number of hydrogen-bond acceptors (Lipinski definition) is 2. The van der Waals surface area contributed by atoms with Gasteiger partial charge >= 0.3 is 0 Å². The predicted molar refractivity (Wildman–Crippen MR) is 45.2 cm³/mol. The molecule has 0 radical (unpaired) electrons. The molecular formula is C9H17NO. The smallest absolute Gasteiger partial charge is 0.133 e. The molecule has 0 bridgehead atoms. The molecule has 0 aliphatic heterocycles. The van der Waals surface area contributed by atoms with Crippen LogP contribution in [0.2, 0.25) is 0 Å². The number of rotatable bonds is 5. The third-order valence-corrected chi connectivity index (χ3v) is 2.19. The summed E-state index contributed by atoms with van der Waals surface area (Å²) < 4.78 is 0. The van der Waals surface area contributed by atoms with E-state index in [9.17, 15) is 4.79 Å². The maximum absolute atomic E-state index is 11.2. The molecule has 1 rings (SSSR count). The minimum absolute atomic E-state index is 0.376. The Morgan fingerprint density at radius 2 is 2.27 bits per heavy atom. The van der Waals surface area contributed by atoms with Gasteiger partial charge in [0.25, 0.3) is 0 Å². The predicted octanol–water partition coefficient (Wildman–Crippen LogP) is 1.34. The lowest BCUT2D eigenvalue weighted by Crippen LogP contribution is -2.15. The molecule has 0 aromatic carbocycles. The van der Waals surface area contributed by atoms with Crippen LogP contribution in [0.5, 0.6) is 0 Å². The van der Waals surface area contributed by atoms with Crippen molar-refractivity contribution in [3.8, 4) is 0 Å². The van der Waals surface area contributed by atoms with Crippen LogP contribution in [0.25, 0.3) is 0 Å². The third-order valence-electron chi connectivity index (χ3n) is 2.19. The maximum Gasteiger partial charge on any atom is 0.133 e. The molecule has 0 aromatic rings. The Labute approximate surface area is 68.2 Å². The fourth-order valence-electron chi connectivity index (χ4n) is 1.20. The fourth-order valence-corrected chi connectivity index (χ4v) is 1.20. The molecule has 1 fully saturated rings. The van der Waals surface area contributed by atoms with Crippen LogP contribution in [0, 0.1) is 11.8 Å². The average molecular weight is 155 g/mol. The highest BCUT2D eigenvalue weighted by molar-refractivity contribution is 5.79. The molecule has 0 aromatic heterocycles. The first-order chi connectivity index (χ1) is 5.22. The number of carbonyl (C=O) groups is 1. The lowest BCUT2D eigenvalue weighted by molar-refractivity contribution is -0.120. The van der Waals surface area contributed by atoms with Crippen molar-refractivity contribution in [3.63, 3.8) is 0 Å². The number of carbonyl (C=O) groups excluding carboxylic acids is 1. The Hall–Kier alpha value is -0.370.